The number of aliphatic hydroxyl groups is 1. The van der Waals surface area contributed by atoms with Crippen molar-refractivity contribution in [2.24, 2.45) is 10.4 Å². The number of nitrogens with zero attached hydrogens (tertiary/aromatic N) is 1. The molecule has 2 N–H and O–H groups in total. The standard InChI is InChI=1S/C32H37BrN2O4/c1-31(2,3)18-19-34-30(37)32(22-23-10-14-26(33)15-11-23)28(24-8-5-4-6-9-24)39-29(35-32)25-12-16-27(17-13-25)38-21-7-20-36/h4-6,8-17,28,36H,7,18-22H2,1-3H3,(H,34,37)/t28-,32-/m1/s1. The molecule has 1 aliphatic heterocycles. The maximum Gasteiger partial charge on any atom is 0.252 e. The van der Waals surface area contributed by atoms with Gasteiger partial charge >= 0.3 is 0 Å². The van der Waals surface area contributed by atoms with Gasteiger partial charge in [-0.05, 0) is 59.4 Å². The van der Waals surface area contributed by atoms with Crippen LogP contribution in [0.2, 0.25) is 0 Å². The number of hydrogen-bond donors (Lipinski definition) is 2. The van der Waals surface area contributed by atoms with E-state index in [9.17, 15) is 4.79 Å². The molecule has 0 saturated heterocycles. The summed E-state index contributed by atoms with van der Waals surface area (Å²) in [6, 6.07) is 25.3. The fourth-order valence-electron chi connectivity index (χ4n) is 4.53. The summed E-state index contributed by atoms with van der Waals surface area (Å²) in [4.78, 5) is 19.2. The molecule has 0 fully saturated rings. The fraction of sp³-hybridized carbons (Fsp3) is 0.375. The Labute approximate surface area is 239 Å². The highest BCUT2D eigenvalue weighted by atomic mass is 79.9. The molecule has 39 heavy (non-hydrogen) atoms. The number of nitrogens with one attached hydrogen (secondary N) is 1. The molecule has 1 amide bonds. The molecular weight excluding hydrogens is 556 g/mol. The van der Waals surface area contributed by atoms with Crippen LogP contribution in [0.3, 0.4) is 0 Å². The maximum absolute atomic E-state index is 14.1. The second-order valence-corrected chi connectivity index (χ2v) is 12.0. The highest BCUT2D eigenvalue weighted by Gasteiger charge is 2.53. The summed E-state index contributed by atoms with van der Waals surface area (Å²) in [6.07, 6.45) is 1.19. The first-order chi connectivity index (χ1) is 18.7. The Bertz CT molecular complexity index is 1250. The molecule has 4 rings (SSSR count). The van der Waals surface area contributed by atoms with Crippen LogP contribution >= 0.6 is 15.9 Å². The zero-order valence-corrected chi connectivity index (χ0v) is 24.4. The second-order valence-electron chi connectivity index (χ2n) is 11.1. The Morgan fingerprint density at radius 1 is 1.05 bits per heavy atom. The van der Waals surface area contributed by atoms with Crippen LogP contribution in [-0.4, -0.2) is 42.2 Å². The highest BCUT2D eigenvalue weighted by molar-refractivity contribution is 9.10. The zero-order valence-electron chi connectivity index (χ0n) is 22.8. The van der Waals surface area contributed by atoms with E-state index in [0.717, 1.165) is 27.6 Å². The molecule has 3 aromatic carbocycles. The number of carbonyl (C=O) groups excluding carboxylic acids is 1. The Morgan fingerprint density at radius 3 is 2.38 bits per heavy atom. The molecule has 0 aromatic heterocycles. The van der Waals surface area contributed by atoms with Gasteiger partial charge in [0.25, 0.3) is 5.91 Å². The quantitative estimate of drug-likeness (QED) is 0.257. The minimum Gasteiger partial charge on any atom is -0.494 e. The Kier molecular flexibility index (Phi) is 9.46. The summed E-state index contributed by atoms with van der Waals surface area (Å²) in [5, 5.41) is 12.2. The van der Waals surface area contributed by atoms with Crippen LogP contribution in [0.5, 0.6) is 5.75 Å². The average Bonchev–Trinajstić information content (AvgIpc) is 3.31. The van der Waals surface area contributed by atoms with E-state index in [2.05, 4.69) is 42.0 Å². The number of aliphatic imine (C=N–C) groups is 1. The van der Waals surface area contributed by atoms with Crippen molar-refractivity contribution in [3.05, 3.63) is 100 Å². The highest BCUT2D eigenvalue weighted by Crippen LogP contribution is 2.42. The normalized spacial score (nSPS) is 18.8. The van der Waals surface area contributed by atoms with E-state index in [1.165, 1.54) is 0 Å². The van der Waals surface area contributed by atoms with E-state index in [0.29, 0.717) is 37.6 Å². The third-order valence-electron chi connectivity index (χ3n) is 6.68. The first-order valence-electron chi connectivity index (χ1n) is 13.4. The average molecular weight is 594 g/mol. The molecule has 3 aromatic rings. The lowest BCUT2D eigenvalue weighted by Gasteiger charge is -2.31. The monoisotopic (exact) mass is 592 g/mol. The number of ether oxygens (including phenoxy) is 2. The predicted octanol–water partition coefficient (Wildman–Crippen LogP) is 6.26. The maximum atomic E-state index is 14.1. The minimum absolute atomic E-state index is 0.0852. The topological polar surface area (TPSA) is 80.2 Å². The number of hydrogen-bond acceptors (Lipinski definition) is 5. The summed E-state index contributed by atoms with van der Waals surface area (Å²) in [5.74, 6) is 0.975. The molecule has 0 bridgehead atoms. The molecule has 1 heterocycles. The molecule has 206 valence electrons. The van der Waals surface area contributed by atoms with Crippen LogP contribution in [0.4, 0.5) is 0 Å². The number of carbonyl (C=O) groups is 1. The van der Waals surface area contributed by atoms with Crippen molar-refractivity contribution < 1.29 is 19.4 Å². The molecule has 6 nitrogen and oxygen atoms in total. The van der Waals surface area contributed by atoms with E-state index >= 15 is 0 Å². The van der Waals surface area contributed by atoms with Crippen molar-refractivity contribution in [1.82, 2.24) is 5.32 Å². The van der Waals surface area contributed by atoms with Crippen molar-refractivity contribution in [2.45, 2.75) is 51.7 Å². The van der Waals surface area contributed by atoms with Gasteiger partial charge in [-0.3, -0.25) is 4.79 Å². The lowest BCUT2D eigenvalue weighted by molar-refractivity contribution is -0.129. The van der Waals surface area contributed by atoms with E-state index in [-0.39, 0.29) is 17.9 Å². The molecule has 2 atom stereocenters. The zero-order chi connectivity index (χ0) is 27.9. The van der Waals surface area contributed by atoms with E-state index in [1.807, 2.05) is 78.9 Å². The van der Waals surface area contributed by atoms with Gasteiger partial charge in [-0.1, -0.05) is 79.2 Å². The number of benzene rings is 3. The SMILES string of the molecule is CC(C)(C)CCNC(=O)[C@]1(Cc2ccc(Br)cc2)N=C(c2ccc(OCCCO)cc2)O[C@@H]1c1ccccc1. The van der Waals surface area contributed by atoms with Gasteiger partial charge in [-0.25, -0.2) is 4.99 Å². The molecule has 7 heteroatoms. The lowest BCUT2D eigenvalue weighted by atomic mass is 9.81. The van der Waals surface area contributed by atoms with Gasteiger partial charge in [0, 0.05) is 36.0 Å². The van der Waals surface area contributed by atoms with Gasteiger partial charge in [0.1, 0.15) is 5.75 Å². The molecule has 1 aliphatic rings. The molecular formula is C32H37BrN2O4. The van der Waals surface area contributed by atoms with Crippen LogP contribution in [0.15, 0.2) is 88.3 Å². The van der Waals surface area contributed by atoms with Gasteiger partial charge in [0.2, 0.25) is 5.90 Å². The van der Waals surface area contributed by atoms with Crippen LogP contribution in [0, 0.1) is 5.41 Å². The summed E-state index contributed by atoms with van der Waals surface area (Å²) in [6.45, 7) is 7.56. The molecule has 0 spiro atoms. The summed E-state index contributed by atoms with van der Waals surface area (Å²) in [5.41, 5.74) is 1.55. The number of amides is 1. The number of halogens is 1. The van der Waals surface area contributed by atoms with Gasteiger partial charge in [0.15, 0.2) is 11.6 Å². The van der Waals surface area contributed by atoms with Crippen molar-refractivity contribution in [1.29, 1.82) is 0 Å². The van der Waals surface area contributed by atoms with E-state index < -0.39 is 11.6 Å². The minimum atomic E-state index is -1.20. The Hall–Kier alpha value is -3.16. The van der Waals surface area contributed by atoms with Gasteiger partial charge in [0.05, 0.1) is 6.61 Å². The van der Waals surface area contributed by atoms with E-state index in [1.54, 1.807) is 0 Å². The Balaban J connectivity index is 1.73. The number of aliphatic hydroxyl groups excluding tert-OH is 1. The first kappa shape index (κ1) is 28.8. The molecule has 0 radical (unpaired) electrons. The Morgan fingerprint density at radius 2 is 1.74 bits per heavy atom. The largest absolute Gasteiger partial charge is 0.494 e. The van der Waals surface area contributed by atoms with Gasteiger partial charge < -0.3 is 19.9 Å². The van der Waals surface area contributed by atoms with Crippen LogP contribution < -0.4 is 10.1 Å². The lowest BCUT2D eigenvalue weighted by Crippen LogP contribution is -2.50. The molecule has 0 unspecified atom stereocenters. The van der Waals surface area contributed by atoms with Gasteiger partial charge in [-0.15, -0.1) is 0 Å². The number of rotatable bonds is 11. The van der Waals surface area contributed by atoms with Crippen molar-refractivity contribution in [2.75, 3.05) is 19.8 Å². The third kappa shape index (κ3) is 7.49. The smallest absolute Gasteiger partial charge is 0.252 e. The van der Waals surface area contributed by atoms with Gasteiger partial charge in [-0.2, -0.15) is 0 Å². The molecule has 0 saturated carbocycles. The third-order valence-corrected chi connectivity index (χ3v) is 7.21. The second kappa shape index (κ2) is 12.8. The fourth-order valence-corrected chi connectivity index (χ4v) is 4.79. The predicted molar refractivity (Wildman–Crippen MR) is 158 cm³/mol. The van der Waals surface area contributed by atoms with Crippen molar-refractivity contribution in [3.8, 4) is 5.75 Å². The molecule has 0 aliphatic carbocycles. The van der Waals surface area contributed by atoms with Crippen LogP contribution in [0.25, 0.3) is 0 Å². The summed E-state index contributed by atoms with van der Waals surface area (Å²) >= 11 is 3.51. The summed E-state index contributed by atoms with van der Waals surface area (Å²) < 4.78 is 13.2. The van der Waals surface area contributed by atoms with E-state index in [4.69, 9.17) is 19.6 Å². The van der Waals surface area contributed by atoms with Crippen LogP contribution in [0.1, 0.15) is 56.4 Å². The van der Waals surface area contributed by atoms with Crippen LogP contribution in [-0.2, 0) is 16.0 Å². The summed E-state index contributed by atoms with van der Waals surface area (Å²) in [7, 11) is 0. The first-order valence-corrected chi connectivity index (χ1v) is 14.2. The van der Waals surface area contributed by atoms with Crippen molar-refractivity contribution >= 4 is 27.7 Å². The van der Waals surface area contributed by atoms with Crippen molar-refractivity contribution in [3.63, 3.8) is 0 Å².